The van der Waals surface area contributed by atoms with Gasteiger partial charge in [-0.2, -0.15) is 0 Å². The van der Waals surface area contributed by atoms with Crippen molar-refractivity contribution in [1.82, 2.24) is 0 Å². The summed E-state index contributed by atoms with van der Waals surface area (Å²) in [7, 11) is 0. The molecule has 0 aliphatic heterocycles. The minimum Gasteiger partial charge on any atom is -0.322 e. The highest BCUT2D eigenvalue weighted by molar-refractivity contribution is 7.98. The molecule has 0 aromatic heterocycles. The molecule has 136 valence electrons. The number of nitrogens with one attached hydrogen (secondary N) is 1. The maximum atomic E-state index is 12.8. The molecule has 0 atom stereocenters. The second kappa shape index (κ2) is 8.51. The quantitative estimate of drug-likeness (QED) is 0.365. The average Bonchev–Trinajstić information content (AvgIpc) is 2.69. The normalized spacial score (nSPS) is 10.4. The van der Waals surface area contributed by atoms with E-state index in [1.165, 1.54) is 17.8 Å². The van der Waals surface area contributed by atoms with Crippen molar-refractivity contribution < 1.29 is 9.72 Å². The maximum Gasteiger partial charge on any atom is 0.282 e. The van der Waals surface area contributed by atoms with Gasteiger partial charge in [0.2, 0.25) is 0 Å². The summed E-state index contributed by atoms with van der Waals surface area (Å²) in [6.45, 7) is 0. The number of thioether (sulfide) groups is 1. The monoisotopic (exact) mass is 378 g/mol. The number of nitro benzene ring substituents is 1. The molecule has 0 aliphatic carbocycles. The third kappa shape index (κ3) is 4.54. The third-order valence-electron chi connectivity index (χ3n) is 4.15. The Labute approximate surface area is 161 Å². The van der Waals surface area contributed by atoms with E-state index < -0.39 is 10.8 Å². The summed E-state index contributed by atoms with van der Waals surface area (Å²) in [5.74, 6) is -0.488. The number of hydrogen-bond acceptors (Lipinski definition) is 4. The van der Waals surface area contributed by atoms with Crippen LogP contribution in [0.2, 0.25) is 0 Å². The molecule has 3 aromatic rings. The number of nitrogens with zero attached hydrogens (tertiary/aromatic N) is 1. The molecule has 0 aliphatic rings. The lowest BCUT2D eigenvalue weighted by Gasteiger charge is -2.12. The Hall–Kier alpha value is -3.12. The molecule has 5 nitrogen and oxygen atoms in total. The first-order chi connectivity index (χ1) is 13.1. The van der Waals surface area contributed by atoms with E-state index >= 15 is 0 Å². The van der Waals surface area contributed by atoms with Crippen LogP contribution in [-0.4, -0.2) is 17.1 Å². The van der Waals surface area contributed by atoms with Crippen molar-refractivity contribution in [3.05, 3.63) is 99.6 Å². The number of hydrogen-bond donors (Lipinski definition) is 1. The average molecular weight is 378 g/mol. The molecule has 0 bridgehead atoms. The van der Waals surface area contributed by atoms with Gasteiger partial charge in [0.1, 0.15) is 5.56 Å². The third-order valence-corrected chi connectivity index (χ3v) is 4.87. The van der Waals surface area contributed by atoms with Crippen molar-refractivity contribution in [3.63, 3.8) is 0 Å². The van der Waals surface area contributed by atoms with Gasteiger partial charge in [-0.3, -0.25) is 14.9 Å². The first kappa shape index (κ1) is 18.7. The van der Waals surface area contributed by atoms with Gasteiger partial charge >= 0.3 is 0 Å². The fraction of sp³-hybridized carbons (Fsp3) is 0.0952. The van der Waals surface area contributed by atoms with Crippen LogP contribution < -0.4 is 5.32 Å². The minimum atomic E-state index is -0.533. The molecule has 0 saturated carbocycles. The molecule has 0 fully saturated rings. The predicted molar refractivity (Wildman–Crippen MR) is 109 cm³/mol. The largest absolute Gasteiger partial charge is 0.322 e. The molecule has 6 heteroatoms. The molecule has 0 spiro atoms. The van der Waals surface area contributed by atoms with Gasteiger partial charge in [-0.15, -0.1) is 11.8 Å². The number of anilines is 1. The topological polar surface area (TPSA) is 72.2 Å². The second-order valence-corrected chi connectivity index (χ2v) is 6.79. The van der Waals surface area contributed by atoms with Crippen LogP contribution in [0.25, 0.3) is 0 Å². The van der Waals surface area contributed by atoms with Crippen molar-refractivity contribution in [2.75, 3.05) is 11.6 Å². The van der Waals surface area contributed by atoms with Crippen molar-refractivity contribution in [1.29, 1.82) is 0 Å². The van der Waals surface area contributed by atoms with Gasteiger partial charge in [0, 0.05) is 16.6 Å². The molecule has 3 rings (SSSR count). The fourth-order valence-electron chi connectivity index (χ4n) is 2.79. The first-order valence-electron chi connectivity index (χ1n) is 8.34. The zero-order valence-electron chi connectivity index (χ0n) is 14.7. The highest BCUT2D eigenvalue weighted by Crippen LogP contribution is 2.27. The summed E-state index contributed by atoms with van der Waals surface area (Å²) in [6.07, 6.45) is 2.52. The Kier molecular flexibility index (Phi) is 5.88. The van der Waals surface area contributed by atoms with Crippen LogP contribution in [0, 0.1) is 10.1 Å². The van der Waals surface area contributed by atoms with E-state index in [0.29, 0.717) is 12.1 Å². The number of para-hydroxylation sites is 1. The Morgan fingerprint density at radius 1 is 1.04 bits per heavy atom. The van der Waals surface area contributed by atoms with Crippen LogP contribution in [0.1, 0.15) is 21.5 Å². The molecular weight excluding hydrogens is 360 g/mol. The van der Waals surface area contributed by atoms with E-state index in [9.17, 15) is 14.9 Å². The zero-order valence-corrected chi connectivity index (χ0v) is 15.5. The van der Waals surface area contributed by atoms with E-state index in [0.717, 1.165) is 16.0 Å². The van der Waals surface area contributed by atoms with Gasteiger partial charge in [-0.1, -0.05) is 48.5 Å². The van der Waals surface area contributed by atoms with E-state index in [1.807, 2.05) is 54.8 Å². The zero-order chi connectivity index (χ0) is 19.2. The summed E-state index contributed by atoms with van der Waals surface area (Å²) < 4.78 is 0. The van der Waals surface area contributed by atoms with E-state index in [4.69, 9.17) is 0 Å². The number of nitro groups is 1. The van der Waals surface area contributed by atoms with Gasteiger partial charge < -0.3 is 5.32 Å². The van der Waals surface area contributed by atoms with Gasteiger partial charge in [0.05, 0.1) is 4.92 Å². The van der Waals surface area contributed by atoms with E-state index in [2.05, 4.69) is 5.32 Å². The summed E-state index contributed by atoms with van der Waals surface area (Å²) >= 11 is 1.43. The second-order valence-electron chi connectivity index (χ2n) is 5.91. The molecule has 0 radical (unpaired) electrons. The molecule has 0 heterocycles. The van der Waals surface area contributed by atoms with Crippen LogP contribution in [0.4, 0.5) is 11.4 Å². The van der Waals surface area contributed by atoms with Crippen LogP contribution in [0.15, 0.2) is 77.7 Å². The molecule has 1 amide bonds. The summed E-state index contributed by atoms with van der Waals surface area (Å²) in [4.78, 5) is 24.4. The highest BCUT2D eigenvalue weighted by Gasteiger charge is 2.21. The lowest BCUT2D eigenvalue weighted by Crippen LogP contribution is -2.15. The van der Waals surface area contributed by atoms with Crippen molar-refractivity contribution in [2.24, 2.45) is 0 Å². The summed E-state index contributed by atoms with van der Waals surface area (Å²) in [5, 5.41) is 14.1. The van der Waals surface area contributed by atoms with Crippen LogP contribution in [0.3, 0.4) is 0 Å². The van der Waals surface area contributed by atoms with Gasteiger partial charge in [0.25, 0.3) is 11.6 Å². The van der Waals surface area contributed by atoms with Crippen LogP contribution in [-0.2, 0) is 6.42 Å². The van der Waals surface area contributed by atoms with Crippen molar-refractivity contribution in [2.45, 2.75) is 11.3 Å². The molecular formula is C21H18N2O3S. The predicted octanol–water partition coefficient (Wildman–Crippen LogP) is 5.16. The number of carbonyl (C=O) groups is 1. The van der Waals surface area contributed by atoms with Crippen LogP contribution >= 0.6 is 11.8 Å². The SMILES string of the molecule is CSc1ccc([N+](=O)[O-])c(C(=O)Nc2ccccc2Cc2ccccc2)c1. The Morgan fingerprint density at radius 3 is 2.44 bits per heavy atom. The summed E-state index contributed by atoms with van der Waals surface area (Å²) in [6, 6.07) is 22.0. The number of amides is 1. The number of carbonyl (C=O) groups excluding carboxylic acids is 1. The molecule has 3 aromatic carbocycles. The molecule has 0 saturated heterocycles. The highest BCUT2D eigenvalue weighted by atomic mass is 32.2. The van der Waals surface area contributed by atoms with Crippen LogP contribution in [0.5, 0.6) is 0 Å². The fourth-order valence-corrected chi connectivity index (χ4v) is 3.22. The summed E-state index contributed by atoms with van der Waals surface area (Å²) in [5.41, 5.74) is 2.57. The lowest BCUT2D eigenvalue weighted by atomic mass is 10.0. The van der Waals surface area contributed by atoms with Gasteiger partial charge in [-0.05, 0) is 42.0 Å². The standard InChI is InChI=1S/C21H18N2O3S/c1-27-17-11-12-20(23(25)26)18(14-17)21(24)22-19-10-6-5-9-16(19)13-15-7-3-2-4-8-15/h2-12,14H,13H2,1H3,(H,22,24). The number of rotatable bonds is 6. The van der Waals surface area contributed by atoms with Gasteiger partial charge in [-0.25, -0.2) is 0 Å². The molecule has 27 heavy (non-hydrogen) atoms. The Balaban J connectivity index is 1.90. The maximum absolute atomic E-state index is 12.8. The van der Waals surface area contributed by atoms with E-state index in [-0.39, 0.29) is 11.3 Å². The van der Waals surface area contributed by atoms with Gasteiger partial charge in [0.15, 0.2) is 0 Å². The van der Waals surface area contributed by atoms with Crippen molar-refractivity contribution in [3.8, 4) is 0 Å². The lowest BCUT2D eigenvalue weighted by molar-refractivity contribution is -0.385. The van der Waals surface area contributed by atoms with E-state index in [1.54, 1.807) is 18.2 Å². The Bertz CT molecular complexity index is 974. The smallest absolute Gasteiger partial charge is 0.282 e. The van der Waals surface area contributed by atoms with Crippen molar-refractivity contribution >= 4 is 29.0 Å². The minimum absolute atomic E-state index is 0.0568. The Morgan fingerprint density at radius 2 is 1.74 bits per heavy atom. The molecule has 0 unspecified atom stereocenters. The molecule has 1 N–H and O–H groups in total. The number of benzene rings is 3. The first-order valence-corrected chi connectivity index (χ1v) is 9.56.